The first kappa shape index (κ1) is 17.4. The third-order valence-corrected chi connectivity index (χ3v) is 7.01. The van der Waals surface area contributed by atoms with Crippen LogP contribution in [0, 0.1) is 17.8 Å². The van der Waals surface area contributed by atoms with Crippen LogP contribution in [0.5, 0.6) is 0 Å². The maximum atomic E-state index is 12.4. The summed E-state index contributed by atoms with van der Waals surface area (Å²) >= 11 is 5.96. The Morgan fingerprint density at radius 3 is 2.48 bits per heavy atom. The molecule has 0 aromatic heterocycles. The minimum Gasteiger partial charge on any atom is -0.353 e. The molecule has 0 unspecified atom stereocenters. The summed E-state index contributed by atoms with van der Waals surface area (Å²) in [5, 5.41) is 4.13. The summed E-state index contributed by atoms with van der Waals surface area (Å²) < 4.78 is 0. The molecule has 0 radical (unpaired) electrons. The molecule has 2 aliphatic carbocycles. The number of hydrogen-bond acceptors (Lipinski definition) is 1. The molecule has 136 valence electrons. The highest BCUT2D eigenvalue weighted by Crippen LogP contribution is 2.49. The van der Waals surface area contributed by atoms with Gasteiger partial charge in [0.15, 0.2) is 0 Å². The van der Waals surface area contributed by atoms with Gasteiger partial charge in [0.2, 0.25) is 5.91 Å². The lowest BCUT2D eigenvalue weighted by Crippen LogP contribution is -3.12. The zero-order valence-electron chi connectivity index (χ0n) is 15.0. The molecule has 1 saturated heterocycles. The average molecular weight is 362 g/mol. The molecule has 1 aromatic rings. The normalized spacial score (nSPS) is 34.2. The summed E-state index contributed by atoms with van der Waals surface area (Å²) in [6.07, 6.45) is 8.47. The van der Waals surface area contributed by atoms with Gasteiger partial charge >= 0.3 is 0 Å². The van der Waals surface area contributed by atoms with E-state index in [1.54, 1.807) is 4.90 Å². The van der Waals surface area contributed by atoms with E-state index in [9.17, 15) is 4.79 Å². The predicted octanol–water partition coefficient (Wildman–Crippen LogP) is 2.83. The van der Waals surface area contributed by atoms with Gasteiger partial charge in [0.1, 0.15) is 6.54 Å². The number of benzene rings is 1. The van der Waals surface area contributed by atoms with Gasteiger partial charge in [0, 0.05) is 35.9 Å². The standard InChI is InChI=1S/C21H29ClN2O/c22-19-5-2-15(3-6-19)14-24-9-7-20(8-10-24)23-21(25)13-18-12-16-1-4-17(18)11-16/h2-3,5-6,16-18,20H,1,4,7-14H2,(H,23,25)/p+1/t16-,17+,18-/m0/s1. The van der Waals surface area contributed by atoms with Crippen LogP contribution in [0.3, 0.4) is 0 Å². The molecule has 3 aliphatic rings. The lowest BCUT2D eigenvalue weighted by atomic mass is 9.86. The fourth-order valence-corrected chi connectivity index (χ4v) is 5.52. The average Bonchev–Trinajstić information content (AvgIpc) is 3.21. The van der Waals surface area contributed by atoms with Gasteiger partial charge in [-0.05, 0) is 49.1 Å². The number of carbonyl (C=O) groups excluding carboxylic acids is 1. The van der Waals surface area contributed by atoms with Crippen molar-refractivity contribution >= 4 is 17.5 Å². The van der Waals surface area contributed by atoms with Crippen molar-refractivity contribution in [3.05, 3.63) is 34.9 Å². The van der Waals surface area contributed by atoms with Gasteiger partial charge in [-0.1, -0.05) is 30.2 Å². The van der Waals surface area contributed by atoms with Crippen LogP contribution in [-0.2, 0) is 11.3 Å². The number of halogens is 1. The maximum Gasteiger partial charge on any atom is 0.220 e. The van der Waals surface area contributed by atoms with E-state index in [0.29, 0.717) is 17.9 Å². The third kappa shape index (κ3) is 4.38. The number of hydrogen-bond donors (Lipinski definition) is 2. The lowest BCUT2D eigenvalue weighted by Gasteiger charge is -2.30. The van der Waals surface area contributed by atoms with Crippen LogP contribution in [0.4, 0.5) is 0 Å². The number of quaternary nitrogens is 1. The molecule has 1 heterocycles. The summed E-state index contributed by atoms with van der Waals surface area (Å²) in [4.78, 5) is 14.0. The number of fused-ring (bicyclic) bond motifs is 2. The Balaban J connectivity index is 1.18. The molecule has 2 saturated carbocycles. The molecule has 2 bridgehead atoms. The first-order chi connectivity index (χ1) is 12.2. The van der Waals surface area contributed by atoms with Gasteiger partial charge in [0.25, 0.3) is 0 Å². The minimum absolute atomic E-state index is 0.309. The molecule has 4 heteroatoms. The first-order valence-corrected chi connectivity index (χ1v) is 10.4. The van der Waals surface area contributed by atoms with Gasteiger partial charge < -0.3 is 10.2 Å². The largest absolute Gasteiger partial charge is 0.353 e. The van der Waals surface area contributed by atoms with Crippen LogP contribution in [0.1, 0.15) is 50.5 Å². The Hall–Kier alpha value is -1.06. The number of likely N-dealkylation sites (tertiary alicyclic amines) is 1. The van der Waals surface area contributed by atoms with Crippen molar-refractivity contribution in [1.29, 1.82) is 0 Å². The second-order valence-corrected chi connectivity index (χ2v) is 8.97. The molecule has 3 fully saturated rings. The van der Waals surface area contributed by atoms with Gasteiger partial charge in [-0.15, -0.1) is 0 Å². The Morgan fingerprint density at radius 2 is 1.84 bits per heavy atom. The fourth-order valence-electron chi connectivity index (χ4n) is 5.39. The van der Waals surface area contributed by atoms with E-state index >= 15 is 0 Å². The maximum absolute atomic E-state index is 12.4. The highest BCUT2D eigenvalue weighted by Gasteiger charge is 2.40. The lowest BCUT2D eigenvalue weighted by molar-refractivity contribution is -0.918. The summed E-state index contributed by atoms with van der Waals surface area (Å²) in [5.41, 5.74) is 1.35. The number of carbonyl (C=O) groups is 1. The smallest absolute Gasteiger partial charge is 0.220 e. The summed E-state index contributed by atoms with van der Waals surface area (Å²) in [7, 11) is 0. The first-order valence-electron chi connectivity index (χ1n) is 10.0. The summed E-state index contributed by atoms with van der Waals surface area (Å²) in [6.45, 7) is 3.34. The molecule has 3 nitrogen and oxygen atoms in total. The molecule has 0 spiro atoms. The van der Waals surface area contributed by atoms with Crippen LogP contribution in [-0.4, -0.2) is 25.0 Å². The van der Waals surface area contributed by atoms with Crippen molar-refractivity contribution in [2.75, 3.05) is 13.1 Å². The Labute approximate surface area is 156 Å². The molecule has 1 aromatic carbocycles. The van der Waals surface area contributed by atoms with Crippen molar-refractivity contribution in [3.63, 3.8) is 0 Å². The van der Waals surface area contributed by atoms with E-state index in [2.05, 4.69) is 17.4 Å². The third-order valence-electron chi connectivity index (χ3n) is 6.76. The van der Waals surface area contributed by atoms with Crippen LogP contribution in [0.2, 0.25) is 5.02 Å². The van der Waals surface area contributed by atoms with Crippen molar-refractivity contribution in [1.82, 2.24) is 5.32 Å². The molecule has 1 amide bonds. The van der Waals surface area contributed by atoms with Crippen molar-refractivity contribution in [2.45, 2.75) is 57.5 Å². The van der Waals surface area contributed by atoms with E-state index < -0.39 is 0 Å². The van der Waals surface area contributed by atoms with E-state index in [1.807, 2.05) is 12.1 Å². The van der Waals surface area contributed by atoms with E-state index in [4.69, 9.17) is 11.6 Å². The van der Waals surface area contributed by atoms with Crippen LogP contribution < -0.4 is 10.2 Å². The van der Waals surface area contributed by atoms with Crippen molar-refractivity contribution < 1.29 is 9.69 Å². The zero-order valence-corrected chi connectivity index (χ0v) is 15.7. The summed E-state index contributed by atoms with van der Waals surface area (Å²) in [5.74, 6) is 2.77. The van der Waals surface area contributed by atoms with E-state index in [0.717, 1.165) is 55.8 Å². The molecule has 1 aliphatic heterocycles. The second kappa shape index (κ2) is 7.67. The Kier molecular flexibility index (Phi) is 5.33. The number of amides is 1. The fraction of sp³-hybridized carbons (Fsp3) is 0.667. The topological polar surface area (TPSA) is 33.5 Å². The van der Waals surface area contributed by atoms with Crippen LogP contribution >= 0.6 is 11.6 Å². The van der Waals surface area contributed by atoms with Crippen LogP contribution in [0.15, 0.2) is 24.3 Å². The second-order valence-electron chi connectivity index (χ2n) is 8.53. The van der Waals surface area contributed by atoms with Crippen molar-refractivity contribution in [2.24, 2.45) is 17.8 Å². The van der Waals surface area contributed by atoms with Gasteiger partial charge in [-0.25, -0.2) is 0 Å². The quantitative estimate of drug-likeness (QED) is 0.830. The highest BCUT2D eigenvalue weighted by molar-refractivity contribution is 6.30. The number of piperidine rings is 1. The van der Waals surface area contributed by atoms with Crippen molar-refractivity contribution in [3.8, 4) is 0 Å². The Bertz CT molecular complexity index is 594. The van der Waals surface area contributed by atoms with Crippen LogP contribution in [0.25, 0.3) is 0 Å². The summed E-state index contributed by atoms with van der Waals surface area (Å²) in [6, 6.07) is 8.58. The predicted molar refractivity (Wildman–Crippen MR) is 101 cm³/mol. The molecule has 4 rings (SSSR count). The molecular formula is C21H30ClN2O+. The van der Waals surface area contributed by atoms with Gasteiger partial charge in [-0.3, -0.25) is 4.79 Å². The SMILES string of the molecule is O=C(C[C@@H]1C[C@H]2CC[C@@H]1C2)NC1CC[NH+](Cc2ccc(Cl)cc2)CC1. The molecule has 2 N–H and O–H groups in total. The van der Waals surface area contributed by atoms with Gasteiger partial charge in [-0.2, -0.15) is 0 Å². The Morgan fingerprint density at radius 1 is 1.08 bits per heavy atom. The van der Waals surface area contributed by atoms with E-state index in [-0.39, 0.29) is 0 Å². The zero-order chi connectivity index (χ0) is 17.2. The number of nitrogens with one attached hydrogen (secondary N) is 2. The van der Waals surface area contributed by atoms with E-state index in [1.165, 1.54) is 31.2 Å². The number of rotatable bonds is 5. The molecule has 25 heavy (non-hydrogen) atoms. The highest BCUT2D eigenvalue weighted by atomic mass is 35.5. The minimum atomic E-state index is 0.309. The monoisotopic (exact) mass is 361 g/mol. The van der Waals surface area contributed by atoms with Gasteiger partial charge in [0.05, 0.1) is 13.1 Å². The molecule has 3 atom stereocenters. The molecular weight excluding hydrogens is 332 g/mol.